The van der Waals surface area contributed by atoms with Crippen molar-refractivity contribution in [1.82, 2.24) is 10.2 Å². The van der Waals surface area contributed by atoms with Crippen LogP contribution in [0.4, 0.5) is 15.8 Å². The number of carbonyl (C=O) groups is 2. The summed E-state index contributed by atoms with van der Waals surface area (Å²) in [6.45, 7) is 1.19. The molecule has 4 aromatic rings. The lowest BCUT2D eigenvalue weighted by Gasteiger charge is -2.33. The molecule has 4 aromatic carbocycles. The summed E-state index contributed by atoms with van der Waals surface area (Å²) in [6, 6.07) is 25.7. The number of hydrogen-bond donors (Lipinski definition) is 1. The molecule has 0 bridgehead atoms. The van der Waals surface area contributed by atoms with Crippen LogP contribution in [-0.4, -0.2) is 49.2 Å². The quantitative estimate of drug-likeness (QED) is 0.171. The highest BCUT2D eigenvalue weighted by Crippen LogP contribution is 2.27. The Bertz CT molecular complexity index is 1690. The van der Waals surface area contributed by atoms with E-state index >= 15 is 0 Å². The van der Waals surface area contributed by atoms with Gasteiger partial charge in [0.15, 0.2) is 0 Å². The number of nitro benzene ring substituents is 1. The molecule has 0 saturated carbocycles. The van der Waals surface area contributed by atoms with Gasteiger partial charge in [0.1, 0.15) is 18.4 Å². The Balaban J connectivity index is 1.79. The summed E-state index contributed by atoms with van der Waals surface area (Å²) in [4.78, 5) is 39.5. The van der Waals surface area contributed by atoms with E-state index in [0.717, 1.165) is 22.0 Å². The van der Waals surface area contributed by atoms with Crippen molar-refractivity contribution in [3.05, 3.63) is 136 Å². The molecule has 1 unspecified atom stereocenters. The van der Waals surface area contributed by atoms with Crippen molar-refractivity contribution < 1.29 is 27.3 Å². The Morgan fingerprint density at radius 3 is 2.02 bits per heavy atom. The summed E-state index contributed by atoms with van der Waals surface area (Å²) >= 11 is 0. The van der Waals surface area contributed by atoms with E-state index < -0.39 is 45.2 Å². The molecule has 1 atom stereocenters. The van der Waals surface area contributed by atoms with Gasteiger partial charge in [0.25, 0.3) is 15.7 Å². The topological polar surface area (TPSA) is 130 Å². The fourth-order valence-electron chi connectivity index (χ4n) is 4.62. The number of amides is 2. The third-order valence-electron chi connectivity index (χ3n) is 6.85. The summed E-state index contributed by atoms with van der Waals surface area (Å²) in [7, 11) is -4.34. The number of nitrogens with one attached hydrogen (secondary N) is 1. The molecular formula is C32H31FN4O6S. The monoisotopic (exact) mass is 618 g/mol. The van der Waals surface area contributed by atoms with Gasteiger partial charge in [-0.05, 0) is 54.4 Å². The highest BCUT2D eigenvalue weighted by molar-refractivity contribution is 7.92. The van der Waals surface area contributed by atoms with E-state index in [4.69, 9.17) is 0 Å². The van der Waals surface area contributed by atoms with E-state index in [1.54, 1.807) is 25.1 Å². The molecule has 228 valence electrons. The zero-order valence-corrected chi connectivity index (χ0v) is 24.7. The van der Waals surface area contributed by atoms with Gasteiger partial charge in [-0.1, -0.05) is 60.7 Å². The highest BCUT2D eigenvalue weighted by atomic mass is 32.2. The van der Waals surface area contributed by atoms with Crippen molar-refractivity contribution in [2.45, 2.75) is 30.8 Å². The number of hydrogen-bond acceptors (Lipinski definition) is 6. The Hall–Kier alpha value is -5.10. The first-order valence-corrected chi connectivity index (χ1v) is 15.2. The lowest BCUT2D eigenvalue weighted by molar-refractivity contribution is -0.384. The van der Waals surface area contributed by atoms with E-state index in [1.807, 2.05) is 18.2 Å². The van der Waals surface area contributed by atoms with Crippen LogP contribution in [0.1, 0.15) is 18.1 Å². The molecule has 10 nitrogen and oxygen atoms in total. The Kier molecular flexibility index (Phi) is 10.4. The standard InChI is InChI=1S/C32H31FN4O6S/c1-2-34-32(39)30(21-24-9-5-3-6-10-24)35(22-25-13-15-26(33)16-14-25)31(38)23-36(27-17-19-28(20-18-27)37(40)41)44(42,43)29-11-7-4-8-12-29/h3-20,30H,2,21-23H2,1H3,(H,34,39). The molecule has 0 saturated heterocycles. The maximum absolute atomic E-state index is 14.2. The summed E-state index contributed by atoms with van der Waals surface area (Å²) in [6.07, 6.45) is 0.128. The Labute approximate surface area is 254 Å². The molecule has 0 aliphatic heterocycles. The van der Waals surface area contributed by atoms with E-state index in [9.17, 15) is 32.5 Å². The average molecular weight is 619 g/mol. The molecule has 0 radical (unpaired) electrons. The van der Waals surface area contributed by atoms with Gasteiger partial charge in [0, 0.05) is 31.6 Å². The van der Waals surface area contributed by atoms with Crippen molar-refractivity contribution in [2.75, 3.05) is 17.4 Å². The van der Waals surface area contributed by atoms with Gasteiger partial charge < -0.3 is 10.2 Å². The number of anilines is 1. The molecule has 4 rings (SSSR count). The smallest absolute Gasteiger partial charge is 0.269 e. The first-order valence-electron chi connectivity index (χ1n) is 13.8. The van der Waals surface area contributed by atoms with Gasteiger partial charge >= 0.3 is 0 Å². The number of likely N-dealkylation sites (N-methyl/N-ethyl adjacent to an activating group) is 1. The molecular weight excluding hydrogens is 587 g/mol. The number of sulfonamides is 1. The maximum atomic E-state index is 14.2. The Morgan fingerprint density at radius 2 is 1.45 bits per heavy atom. The number of nitrogens with zero attached hydrogens (tertiary/aromatic N) is 3. The normalized spacial score (nSPS) is 11.8. The maximum Gasteiger partial charge on any atom is 0.269 e. The summed E-state index contributed by atoms with van der Waals surface area (Å²) in [5, 5.41) is 14.0. The van der Waals surface area contributed by atoms with Crippen LogP contribution in [0.5, 0.6) is 0 Å². The fraction of sp³-hybridized carbons (Fsp3) is 0.188. The molecule has 0 aromatic heterocycles. The molecule has 0 fully saturated rings. The van der Waals surface area contributed by atoms with E-state index in [-0.39, 0.29) is 29.2 Å². The third-order valence-corrected chi connectivity index (χ3v) is 8.63. The van der Waals surface area contributed by atoms with Crippen LogP contribution in [0.3, 0.4) is 0 Å². The molecule has 12 heteroatoms. The van der Waals surface area contributed by atoms with Crippen LogP contribution < -0.4 is 9.62 Å². The highest BCUT2D eigenvalue weighted by Gasteiger charge is 2.34. The zero-order chi connectivity index (χ0) is 31.7. The van der Waals surface area contributed by atoms with Crippen molar-refractivity contribution in [3.63, 3.8) is 0 Å². The first kappa shape index (κ1) is 31.8. The minimum atomic E-state index is -4.34. The first-order chi connectivity index (χ1) is 21.1. The van der Waals surface area contributed by atoms with Crippen molar-refractivity contribution in [1.29, 1.82) is 0 Å². The SMILES string of the molecule is CCNC(=O)C(Cc1ccccc1)N(Cc1ccc(F)cc1)C(=O)CN(c1ccc([N+](=O)[O-])cc1)S(=O)(=O)c1ccccc1. The minimum absolute atomic E-state index is 0.0205. The van der Waals surface area contributed by atoms with Crippen LogP contribution in [0.2, 0.25) is 0 Å². The number of carbonyl (C=O) groups excluding carboxylic acids is 2. The minimum Gasteiger partial charge on any atom is -0.355 e. The number of nitro groups is 1. The van der Waals surface area contributed by atoms with Gasteiger partial charge in [-0.25, -0.2) is 12.8 Å². The number of benzene rings is 4. The second-order valence-corrected chi connectivity index (χ2v) is 11.7. The molecule has 0 aliphatic rings. The number of rotatable bonds is 13. The lowest BCUT2D eigenvalue weighted by atomic mass is 10.0. The summed E-state index contributed by atoms with van der Waals surface area (Å²) < 4.78 is 42.4. The van der Waals surface area contributed by atoms with Crippen LogP contribution in [0.15, 0.2) is 114 Å². The molecule has 2 amide bonds. The van der Waals surface area contributed by atoms with Gasteiger partial charge in [-0.15, -0.1) is 0 Å². The molecule has 44 heavy (non-hydrogen) atoms. The van der Waals surface area contributed by atoms with Gasteiger partial charge in [-0.2, -0.15) is 0 Å². The van der Waals surface area contributed by atoms with Crippen LogP contribution in [-0.2, 0) is 32.6 Å². The second-order valence-electron chi connectivity index (χ2n) is 9.85. The van der Waals surface area contributed by atoms with Crippen LogP contribution in [0, 0.1) is 15.9 Å². The van der Waals surface area contributed by atoms with Crippen molar-refractivity contribution >= 4 is 33.2 Å². The lowest BCUT2D eigenvalue weighted by Crippen LogP contribution is -2.53. The van der Waals surface area contributed by atoms with Crippen LogP contribution in [0.25, 0.3) is 0 Å². The van der Waals surface area contributed by atoms with Crippen molar-refractivity contribution in [2.24, 2.45) is 0 Å². The summed E-state index contributed by atoms with van der Waals surface area (Å²) in [5.41, 5.74) is 1.06. The average Bonchev–Trinajstić information content (AvgIpc) is 3.03. The largest absolute Gasteiger partial charge is 0.355 e. The van der Waals surface area contributed by atoms with E-state index in [1.165, 1.54) is 65.6 Å². The fourth-order valence-corrected chi connectivity index (χ4v) is 6.06. The second kappa shape index (κ2) is 14.4. The number of halogens is 1. The third kappa shape index (κ3) is 7.84. The van der Waals surface area contributed by atoms with Gasteiger partial charge in [0.05, 0.1) is 15.5 Å². The predicted molar refractivity (Wildman–Crippen MR) is 164 cm³/mol. The van der Waals surface area contributed by atoms with Crippen LogP contribution >= 0.6 is 0 Å². The Morgan fingerprint density at radius 1 is 0.864 bits per heavy atom. The number of non-ortho nitro benzene ring substituents is 1. The molecule has 0 spiro atoms. The van der Waals surface area contributed by atoms with E-state index in [0.29, 0.717) is 12.1 Å². The zero-order valence-electron chi connectivity index (χ0n) is 23.9. The molecule has 0 aliphatic carbocycles. The predicted octanol–water partition coefficient (Wildman–Crippen LogP) is 4.71. The summed E-state index contributed by atoms with van der Waals surface area (Å²) in [5.74, 6) is -1.63. The molecule has 0 heterocycles. The van der Waals surface area contributed by atoms with Gasteiger partial charge in [-0.3, -0.25) is 24.0 Å². The van der Waals surface area contributed by atoms with Crippen molar-refractivity contribution in [3.8, 4) is 0 Å². The molecule has 1 N–H and O–H groups in total. The van der Waals surface area contributed by atoms with Gasteiger partial charge in [0.2, 0.25) is 11.8 Å². The van der Waals surface area contributed by atoms with E-state index in [2.05, 4.69) is 5.32 Å².